The van der Waals surface area contributed by atoms with Crippen molar-refractivity contribution in [2.45, 2.75) is 104 Å². The lowest BCUT2D eigenvalue weighted by Gasteiger charge is -2.41. The monoisotopic (exact) mass is 470 g/mol. The van der Waals surface area contributed by atoms with Crippen molar-refractivity contribution >= 4 is 16.6 Å². The first kappa shape index (κ1) is 27.0. The molecule has 0 aliphatic heterocycles. The normalized spacial score (nSPS) is 14.4. The van der Waals surface area contributed by atoms with E-state index in [1.54, 1.807) is 0 Å². The number of hydrogen-bond donors (Lipinski definition) is 0. The average Bonchev–Trinajstić information content (AvgIpc) is 2.84. The molecule has 4 heteroatoms. The highest BCUT2D eigenvalue weighted by molar-refractivity contribution is 6.74. The number of hydrogen-bond acceptors (Lipinski definition) is 2. The SMILES string of the molecule is CC[Si](CC)(CC)OC(c1ccc(C)cc1)C(O[Si](CC)(CC)CC)c1ccc(C)cc1. The van der Waals surface area contributed by atoms with Gasteiger partial charge in [0.25, 0.3) is 0 Å². The van der Waals surface area contributed by atoms with Gasteiger partial charge in [-0.1, -0.05) is 101 Å². The standard InChI is InChI=1S/C28H46O2Si2/c1-9-31(10-2,11-3)29-27(25-19-15-23(7)16-20-25)28(26-21-17-24(8)18-22-26)30-32(12-4,13-5)14-6/h15-22,27-28H,9-14H2,1-8H3. The molecule has 178 valence electrons. The molecule has 0 amide bonds. The summed E-state index contributed by atoms with van der Waals surface area (Å²) in [5.41, 5.74) is 5.06. The second kappa shape index (κ2) is 12.3. The number of aryl methyl sites for hydroxylation is 2. The van der Waals surface area contributed by atoms with Crippen LogP contribution in [0, 0.1) is 13.8 Å². The van der Waals surface area contributed by atoms with E-state index in [-0.39, 0.29) is 12.2 Å². The molecule has 0 N–H and O–H groups in total. The Hall–Kier alpha value is -1.21. The minimum Gasteiger partial charge on any atom is -0.407 e. The van der Waals surface area contributed by atoms with Gasteiger partial charge in [0.1, 0.15) is 0 Å². The van der Waals surface area contributed by atoms with Gasteiger partial charge in [0.2, 0.25) is 0 Å². The summed E-state index contributed by atoms with van der Waals surface area (Å²) in [4.78, 5) is 0. The van der Waals surface area contributed by atoms with Gasteiger partial charge < -0.3 is 8.85 Å². The predicted octanol–water partition coefficient (Wildman–Crippen LogP) is 9.13. The summed E-state index contributed by atoms with van der Waals surface area (Å²) in [6.45, 7) is 18.2. The highest BCUT2D eigenvalue weighted by atomic mass is 28.4. The molecule has 0 radical (unpaired) electrons. The highest BCUT2D eigenvalue weighted by Gasteiger charge is 2.41. The summed E-state index contributed by atoms with van der Waals surface area (Å²) in [5, 5.41) is 0. The Bertz CT molecular complexity index is 707. The summed E-state index contributed by atoms with van der Waals surface area (Å²) in [5.74, 6) is 0. The van der Waals surface area contributed by atoms with Crippen molar-refractivity contribution in [1.82, 2.24) is 0 Å². The zero-order valence-corrected chi connectivity index (χ0v) is 23.8. The molecular weight excluding hydrogens is 424 g/mol. The quantitative estimate of drug-likeness (QED) is 0.272. The van der Waals surface area contributed by atoms with Crippen molar-refractivity contribution in [2.75, 3.05) is 0 Å². The van der Waals surface area contributed by atoms with Crippen LogP contribution in [0.4, 0.5) is 0 Å². The van der Waals surface area contributed by atoms with Gasteiger partial charge in [0.05, 0.1) is 12.2 Å². The van der Waals surface area contributed by atoms with E-state index in [4.69, 9.17) is 8.85 Å². The van der Waals surface area contributed by atoms with Gasteiger partial charge in [-0.15, -0.1) is 0 Å². The van der Waals surface area contributed by atoms with Crippen molar-refractivity contribution in [3.05, 3.63) is 70.8 Å². The van der Waals surface area contributed by atoms with Gasteiger partial charge in [-0.3, -0.25) is 0 Å². The zero-order valence-electron chi connectivity index (χ0n) is 21.8. The van der Waals surface area contributed by atoms with E-state index in [2.05, 4.69) is 104 Å². The molecule has 32 heavy (non-hydrogen) atoms. The summed E-state index contributed by atoms with van der Waals surface area (Å²) in [7, 11) is -3.71. The zero-order chi connectivity index (χ0) is 23.8. The maximum Gasteiger partial charge on any atom is 0.193 e. The third-order valence-electron chi connectivity index (χ3n) is 7.71. The van der Waals surface area contributed by atoms with Crippen LogP contribution in [0.2, 0.25) is 36.3 Å². The lowest BCUT2D eigenvalue weighted by molar-refractivity contribution is 0.0365. The minimum atomic E-state index is -1.85. The van der Waals surface area contributed by atoms with Gasteiger partial charge in [0.15, 0.2) is 16.6 Å². The van der Waals surface area contributed by atoms with Gasteiger partial charge in [-0.25, -0.2) is 0 Å². The van der Waals surface area contributed by atoms with Crippen LogP contribution in [0.3, 0.4) is 0 Å². The molecule has 2 aromatic carbocycles. The Balaban J connectivity index is 2.65. The van der Waals surface area contributed by atoms with Crippen LogP contribution in [-0.2, 0) is 8.85 Å². The first-order chi connectivity index (χ1) is 15.3. The summed E-state index contributed by atoms with van der Waals surface area (Å²) in [6, 6.07) is 24.8. The van der Waals surface area contributed by atoms with Crippen molar-refractivity contribution in [1.29, 1.82) is 0 Å². The lowest BCUT2D eigenvalue weighted by Crippen LogP contribution is -2.43. The summed E-state index contributed by atoms with van der Waals surface area (Å²) >= 11 is 0. The molecule has 0 fully saturated rings. The molecule has 2 rings (SSSR count). The van der Waals surface area contributed by atoms with Gasteiger partial charge >= 0.3 is 0 Å². The number of benzene rings is 2. The van der Waals surface area contributed by atoms with Crippen LogP contribution in [0.1, 0.15) is 76.0 Å². The van der Waals surface area contributed by atoms with Crippen molar-refractivity contribution in [3.8, 4) is 0 Å². The van der Waals surface area contributed by atoms with Gasteiger partial charge in [0, 0.05) is 0 Å². The number of rotatable bonds is 13. The van der Waals surface area contributed by atoms with E-state index < -0.39 is 16.6 Å². The van der Waals surface area contributed by atoms with Crippen LogP contribution in [0.25, 0.3) is 0 Å². The van der Waals surface area contributed by atoms with Crippen molar-refractivity contribution in [2.24, 2.45) is 0 Å². The molecule has 0 bridgehead atoms. The second-order valence-electron chi connectivity index (χ2n) is 9.39. The molecule has 2 atom stereocenters. The van der Waals surface area contributed by atoms with E-state index in [1.165, 1.54) is 22.3 Å². The third-order valence-corrected chi connectivity index (χ3v) is 16.9. The van der Waals surface area contributed by atoms with Crippen LogP contribution >= 0.6 is 0 Å². The fourth-order valence-electron chi connectivity index (χ4n) is 4.66. The Morgan fingerprint density at radius 3 is 0.969 bits per heavy atom. The van der Waals surface area contributed by atoms with Crippen molar-refractivity contribution in [3.63, 3.8) is 0 Å². The molecule has 0 heterocycles. The van der Waals surface area contributed by atoms with E-state index in [0.717, 1.165) is 36.3 Å². The molecule has 0 saturated heterocycles. The summed E-state index contributed by atoms with van der Waals surface area (Å²) < 4.78 is 14.5. The highest BCUT2D eigenvalue weighted by Crippen LogP contribution is 2.43. The Morgan fingerprint density at radius 2 is 0.750 bits per heavy atom. The smallest absolute Gasteiger partial charge is 0.193 e. The molecule has 0 spiro atoms. The molecule has 0 aliphatic carbocycles. The lowest BCUT2D eigenvalue weighted by atomic mass is 9.97. The van der Waals surface area contributed by atoms with Gasteiger partial charge in [-0.2, -0.15) is 0 Å². The Labute approximate surface area is 200 Å². The molecule has 2 aromatic rings. The average molecular weight is 471 g/mol. The third kappa shape index (κ3) is 6.43. The molecule has 0 saturated carbocycles. The largest absolute Gasteiger partial charge is 0.407 e. The van der Waals surface area contributed by atoms with Crippen LogP contribution in [0.5, 0.6) is 0 Å². The van der Waals surface area contributed by atoms with Gasteiger partial charge in [-0.05, 0) is 61.2 Å². The first-order valence-electron chi connectivity index (χ1n) is 12.8. The van der Waals surface area contributed by atoms with Crippen LogP contribution in [0.15, 0.2) is 48.5 Å². The maximum absolute atomic E-state index is 7.27. The molecule has 0 aromatic heterocycles. The van der Waals surface area contributed by atoms with E-state index in [1.807, 2.05) is 0 Å². The summed E-state index contributed by atoms with van der Waals surface area (Å²) in [6.07, 6.45) is -0.136. The molecule has 2 nitrogen and oxygen atoms in total. The van der Waals surface area contributed by atoms with E-state index in [9.17, 15) is 0 Å². The van der Waals surface area contributed by atoms with Crippen LogP contribution in [-0.4, -0.2) is 16.6 Å². The first-order valence-corrected chi connectivity index (χ1v) is 17.9. The minimum absolute atomic E-state index is 0.0682. The maximum atomic E-state index is 7.27. The molecule has 0 aliphatic rings. The van der Waals surface area contributed by atoms with Crippen LogP contribution < -0.4 is 0 Å². The van der Waals surface area contributed by atoms with Crippen molar-refractivity contribution < 1.29 is 8.85 Å². The molecular formula is C28H46O2Si2. The topological polar surface area (TPSA) is 18.5 Å². The van der Waals surface area contributed by atoms with E-state index >= 15 is 0 Å². The Morgan fingerprint density at radius 1 is 0.500 bits per heavy atom. The van der Waals surface area contributed by atoms with E-state index in [0.29, 0.717) is 0 Å². The molecule has 2 unspecified atom stereocenters. The fraction of sp³-hybridized carbons (Fsp3) is 0.571. The predicted molar refractivity (Wildman–Crippen MR) is 144 cm³/mol. The fourth-order valence-corrected chi connectivity index (χ4v) is 10.3. The second-order valence-corrected chi connectivity index (χ2v) is 18.8. The Kier molecular flexibility index (Phi) is 10.4.